The summed E-state index contributed by atoms with van der Waals surface area (Å²) >= 11 is 0. The van der Waals surface area contributed by atoms with E-state index in [1.165, 1.54) is 24.8 Å². The van der Waals surface area contributed by atoms with Crippen molar-refractivity contribution in [2.24, 2.45) is 7.05 Å². The summed E-state index contributed by atoms with van der Waals surface area (Å²) in [5, 5.41) is 8.21. The number of nitrogens with one attached hydrogen (secondary N) is 1. The summed E-state index contributed by atoms with van der Waals surface area (Å²) in [5.74, 6) is 0.850. The van der Waals surface area contributed by atoms with E-state index in [4.69, 9.17) is 4.74 Å². The Morgan fingerprint density at radius 2 is 2.00 bits per heavy atom. The first-order valence-electron chi connectivity index (χ1n) is 7.53. The average Bonchev–Trinajstić information content (AvgIpc) is 2.72. The van der Waals surface area contributed by atoms with Crippen LogP contribution in [0.25, 0.3) is 0 Å². The number of hydrogen-bond donors (Lipinski definition) is 1. The molecule has 3 rings (SSSR count). The molecule has 2 aromatic rings. The molecule has 1 saturated carbocycles. The highest BCUT2D eigenvalue weighted by atomic mass is 16.5. The summed E-state index contributed by atoms with van der Waals surface area (Å²) in [6.07, 6.45) is 3.67. The van der Waals surface area contributed by atoms with Crippen LogP contribution in [0.3, 0.4) is 0 Å². The number of benzene rings is 1. The molecule has 0 aliphatic heterocycles. The third kappa shape index (κ3) is 2.44. The van der Waals surface area contributed by atoms with Crippen LogP contribution in [0.1, 0.15) is 36.1 Å². The number of rotatable bonds is 5. The van der Waals surface area contributed by atoms with Gasteiger partial charge in [-0.05, 0) is 31.7 Å². The molecule has 21 heavy (non-hydrogen) atoms. The van der Waals surface area contributed by atoms with E-state index in [9.17, 15) is 0 Å². The molecule has 0 amide bonds. The summed E-state index contributed by atoms with van der Waals surface area (Å²) in [6.45, 7) is 2.83. The highest BCUT2D eigenvalue weighted by Gasteiger charge is 2.38. The second kappa shape index (κ2) is 5.53. The molecule has 0 bridgehead atoms. The molecule has 1 aromatic carbocycles. The van der Waals surface area contributed by atoms with Gasteiger partial charge in [-0.15, -0.1) is 0 Å². The van der Waals surface area contributed by atoms with Gasteiger partial charge in [0.1, 0.15) is 0 Å². The van der Waals surface area contributed by atoms with Crippen LogP contribution in [0.5, 0.6) is 5.88 Å². The van der Waals surface area contributed by atoms with Crippen molar-refractivity contribution < 1.29 is 4.74 Å². The smallest absolute Gasteiger partial charge is 0.216 e. The molecule has 1 aliphatic carbocycles. The van der Waals surface area contributed by atoms with Gasteiger partial charge in [0.25, 0.3) is 0 Å². The van der Waals surface area contributed by atoms with Crippen LogP contribution >= 0.6 is 0 Å². The zero-order valence-corrected chi connectivity index (χ0v) is 13.0. The molecular weight excluding hydrogens is 262 g/mol. The van der Waals surface area contributed by atoms with E-state index in [2.05, 4.69) is 40.7 Å². The van der Waals surface area contributed by atoms with Gasteiger partial charge in [-0.25, -0.2) is 4.68 Å². The first-order chi connectivity index (χ1) is 10.2. The summed E-state index contributed by atoms with van der Waals surface area (Å²) < 4.78 is 7.29. The summed E-state index contributed by atoms with van der Waals surface area (Å²) in [5.41, 5.74) is 3.69. The first kappa shape index (κ1) is 14.1. The van der Waals surface area contributed by atoms with E-state index in [0.717, 1.165) is 23.7 Å². The Labute approximate surface area is 126 Å². The van der Waals surface area contributed by atoms with Crippen LogP contribution in [-0.2, 0) is 19.1 Å². The monoisotopic (exact) mass is 285 g/mol. The SMILES string of the molecule is COc1c(CNC2(c3ccccc3)CCC2)c(C)nn1C. The lowest BCUT2D eigenvalue weighted by molar-refractivity contribution is 0.182. The van der Waals surface area contributed by atoms with Gasteiger partial charge in [0.05, 0.1) is 18.4 Å². The molecule has 1 aliphatic rings. The van der Waals surface area contributed by atoms with Crippen LogP contribution in [0.2, 0.25) is 0 Å². The topological polar surface area (TPSA) is 39.1 Å². The van der Waals surface area contributed by atoms with E-state index >= 15 is 0 Å². The highest BCUT2D eigenvalue weighted by Crippen LogP contribution is 2.41. The van der Waals surface area contributed by atoms with Crippen molar-refractivity contribution in [2.45, 2.75) is 38.3 Å². The Morgan fingerprint density at radius 3 is 2.57 bits per heavy atom. The lowest BCUT2D eigenvalue weighted by Gasteiger charge is -2.43. The number of hydrogen-bond acceptors (Lipinski definition) is 3. The predicted molar refractivity (Wildman–Crippen MR) is 83.3 cm³/mol. The number of nitrogens with zero attached hydrogens (tertiary/aromatic N) is 2. The summed E-state index contributed by atoms with van der Waals surface area (Å²) in [6, 6.07) is 10.8. The van der Waals surface area contributed by atoms with Gasteiger partial charge in [0, 0.05) is 19.1 Å². The van der Waals surface area contributed by atoms with Crippen molar-refractivity contribution in [1.82, 2.24) is 15.1 Å². The first-order valence-corrected chi connectivity index (χ1v) is 7.53. The van der Waals surface area contributed by atoms with Crippen molar-refractivity contribution in [3.05, 3.63) is 47.2 Å². The molecule has 4 nitrogen and oxygen atoms in total. The van der Waals surface area contributed by atoms with Crippen LogP contribution < -0.4 is 10.1 Å². The van der Waals surface area contributed by atoms with Gasteiger partial charge >= 0.3 is 0 Å². The minimum Gasteiger partial charge on any atom is -0.481 e. The molecule has 1 fully saturated rings. The average molecular weight is 285 g/mol. The Kier molecular flexibility index (Phi) is 3.72. The quantitative estimate of drug-likeness (QED) is 0.918. The fourth-order valence-corrected chi connectivity index (χ4v) is 3.25. The van der Waals surface area contributed by atoms with Crippen molar-refractivity contribution in [2.75, 3.05) is 7.11 Å². The zero-order chi connectivity index (χ0) is 14.9. The molecular formula is C17H23N3O. The largest absolute Gasteiger partial charge is 0.481 e. The zero-order valence-electron chi connectivity index (χ0n) is 13.0. The summed E-state index contributed by atoms with van der Waals surface area (Å²) in [7, 11) is 3.63. The Balaban J connectivity index is 1.81. The van der Waals surface area contributed by atoms with Crippen LogP contribution in [0.15, 0.2) is 30.3 Å². The predicted octanol–water partition coefficient (Wildman–Crippen LogP) is 2.91. The van der Waals surface area contributed by atoms with E-state index in [1.807, 2.05) is 18.7 Å². The van der Waals surface area contributed by atoms with Gasteiger partial charge in [-0.3, -0.25) is 0 Å². The van der Waals surface area contributed by atoms with Gasteiger partial charge < -0.3 is 10.1 Å². The molecule has 0 atom stereocenters. The summed E-state index contributed by atoms with van der Waals surface area (Å²) in [4.78, 5) is 0. The Bertz CT molecular complexity index is 614. The molecule has 112 valence electrons. The van der Waals surface area contributed by atoms with Gasteiger partial charge in [-0.1, -0.05) is 30.3 Å². The molecule has 0 unspecified atom stereocenters. The number of ether oxygens (including phenoxy) is 1. The van der Waals surface area contributed by atoms with Crippen molar-refractivity contribution in [3.8, 4) is 5.88 Å². The number of aryl methyl sites for hydroxylation is 2. The van der Waals surface area contributed by atoms with E-state index in [-0.39, 0.29) is 5.54 Å². The minimum atomic E-state index is 0.120. The molecule has 1 N–H and O–H groups in total. The standard InChI is InChI=1S/C17H23N3O/c1-13-15(16(21-3)20(2)19-13)12-18-17(10-7-11-17)14-8-5-4-6-9-14/h4-6,8-9,18H,7,10-12H2,1-3H3. The maximum absolute atomic E-state index is 5.48. The van der Waals surface area contributed by atoms with Crippen molar-refractivity contribution in [1.29, 1.82) is 0 Å². The molecule has 0 saturated heterocycles. The third-order valence-electron chi connectivity index (χ3n) is 4.62. The fourth-order valence-electron chi connectivity index (χ4n) is 3.25. The fraction of sp³-hybridized carbons (Fsp3) is 0.471. The normalized spacial score (nSPS) is 16.5. The molecule has 1 aromatic heterocycles. The maximum atomic E-state index is 5.48. The van der Waals surface area contributed by atoms with Crippen molar-refractivity contribution >= 4 is 0 Å². The van der Waals surface area contributed by atoms with Gasteiger partial charge in [-0.2, -0.15) is 5.10 Å². The lowest BCUT2D eigenvalue weighted by atomic mass is 9.71. The Morgan fingerprint density at radius 1 is 1.29 bits per heavy atom. The molecule has 0 radical (unpaired) electrons. The number of methoxy groups -OCH3 is 1. The maximum Gasteiger partial charge on any atom is 0.216 e. The van der Waals surface area contributed by atoms with Crippen molar-refractivity contribution in [3.63, 3.8) is 0 Å². The van der Waals surface area contributed by atoms with Crippen LogP contribution in [0.4, 0.5) is 0 Å². The minimum absolute atomic E-state index is 0.120. The van der Waals surface area contributed by atoms with Gasteiger partial charge in [0.15, 0.2) is 0 Å². The second-order valence-corrected chi connectivity index (χ2v) is 5.85. The lowest BCUT2D eigenvalue weighted by Crippen LogP contribution is -2.47. The van der Waals surface area contributed by atoms with Crippen LogP contribution in [0, 0.1) is 6.92 Å². The number of aromatic nitrogens is 2. The molecule has 4 heteroatoms. The highest BCUT2D eigenvalue weighted by molar-refractivity contribution is 5.32. The van der Waals surface area contributed by atoms with Gasteiger partial charge in [0.2, 0.25) is 5.88 Å². The second-order valence-electron chi connectivity index (χ2n) is 5.85. The van der Waals surface area contributed by atoms with Crippen LogP contribution in [-0.4, -0.2) is 16.9 Å². The molecule has 0 spiro atoms. The third-order valence-corrected chi connectivity index (χ3v) is 4.62. The van der Waals surface area contributed by atoms with E-state index in [0.29, 0.717) is 0 Å². The van der Waals surface area contributed by atoms with E-state index in [1.54, 1.807) is 7.11 Å². The Hall–Kier alpha value is -1.81. The van der Waals surface area contributed by atoms with E-state index < -0.39 is 0 Å². The molecule has 1 heterocycles.